The van der Waals surface area contributed by atoms with Gasteiger partial charge < -0.3 is 34.3 Å². The van der Waals surface area contributed by atoms with E-state index in [4.69, 9.17) is 18.9 Å². The third-order valence-electron chi connectivity index (χ3n) is 9.14. The molecule has 2 bridgehead atoms. The molecule has 1 aromatic heterocycles. The Morgan fingerprint density at radius 2 is 1.91 bits per heavy atom. The van der Waals surface area contributed by atoms with E-state index in [9.17, 15) is 20.1 Å². The number of benzene rings is 2. The second kappa shape index (κ2) is 14.3. The van der Waals surface area contributed by atoms with E-state index in [1.54, 1.807) is 24.5 Å². The Bertz CT molecular complexity index is 1580. The molecule has 1 aliphatic carbocycles. The smallest absolute Gasteiger partial charge is 0.302 e. The molecule has 2 aromatic carbocycles. The van der Waals surface area contributed by atoms with Crippen LogP contribution in [0.2, 0.25) is 0 Å². The molecule has 1 saturated heterocycles. The molecule has 0 amide bonds. The van der Waals surface area contributed by atoms with Crippen LogP contribution < -0.4 is 9.47 Å². The molecule has 2 fully saturated rings. The number of hydrogen-bond acceptors (Lipinski definition) is 9. The number of phenols is 3. The number of phenolic OH excluding ortho intramolecular Hbond substituents is 3. The van der Waals surface area contributed by atoms with Crippen molar-refractivity contribution in [3.05, 3.63) is 71.5 Å². The number of ether oxygens (including phenoxy) is 4. The van der Waals surface area contributed by atoms with Gasteiger partial charge in [-0.3, -0.25) is 9.78 Å². The van der Waals surface area contributed by atoms with E-state index in [0.717, 1.165) is 36.8 Å². The van der Waals surface area contributed by atoms with Gasteiger partial charge in [0.05, 0.1) is 24.7 Å². The first-order valence-corrected chi connectivity index (χ1v) is 16.2. The summed E-state index contributed by atoms with van der Waals surface area (Å²) in [5, 5.41) is 31.9. The Balaban J connectivity index is 1.26. The number of carbonyl (C=O) groups excluding carboxylic acids is 1. The number of rotatable bonds is 7. The van der Waals surface area contributed by atoms with Crippen LogP contribution in [0.3, 0.4) is 0 Å². The van der Waals surface area contributed by atoms with Crippen LogP contribution in [-0.4, -0.2) is 51.2 Å². The maximum Gasteiger partial charge on any atom is 0.302 e. The highest BCUT2D eigenvalue weighted by Gasteiger charge is 2.37. The molecule has 46 heavy (non-hydrogen) atoms. The Morgan fingerprint density at radius 1 is 1.04 bits per heavy atom. The van der Waals surface area contributed by atoms with Crippen LogP contribution in [-0.2, 0) is 27.1 Å². The van der Waals surface area contributed by atoms with Crippen LogP contribution in [0, 0.1) is 23.7 Å². The average molecular weight is 628 g/mol. The van der Waals surface area contributed by atoms with Gasteiger partial charge in [-0.25, -0.2) is 0 Å². The van der Waals surface area contributed by atoms with Crippen LogP contribution in [0.4, 0.5) is 0 Å². The lowest BCUT2D eigenvalue weighted by molar-refractivity contribution is -0.164. The number of aromatic hydroxyl groups is 3. The topological polar surface area (TPSA) is 128 Å². The van der Waals surface area contributed by atoms with Crippen molar-refractivity contribution in [2.24, 2.45) is 11.8 Å². The van der Waals surface area contributed by atoms with Crippen LogP contribution in [0.25, 0.3) is 0 Å². The van der Waals surface area contributed by atoms with Gasteiger partial charge in [0.25, 0.3) is 0 Å². The maximum absolute atomic E-state index is 12.1. The summed E-state index contributed by atoms with van der Waals surface area (Å²) in [5.74, 6) is 6.67. The fourth-order valence-electron chi connectivity index (χ4n) is 6.80. The van der Waals surface area contributed by atoms with Crippen molar-refractivity contribution in [1.29, 1.82) is 0 Å². The minimum atomic E-state index is -0.539. The molecule has 0 radical (unpaired) electrons. The van der Waals surface area contributed by atoms with E-state index < -0.39 is 12.2 Å². The first kappa shape index (κ1) is 31.6. The number of aromatic nitrogens is 1. The third kappa shape index (κ3) is 7.68. The Hall–Kier alpha value is -4.42. The first-order valence-electron chi connectivity index (χ1n) is 16.2. The largest absolute Gasteiger partial charge is 0.504 e. The van der Waals surface area contributed by atoms with Crippen LogP contribution in [0.5, 0.6) is 28.7 Å². The Morgan fingerprint density at radius 3 is 2.74 bits per heavy atom. The number of carbonyl (C=O) groups is 1. The van der Waals surface area contributed by atoms with Crippen molar-refractivity contribution in [3.63, 3.8) is 0 Å². The van der Waals surface area contributed by atoms with Crippen LogP contribution >= 0.6 is 0 Å². The number of esters is 1. The molecule has 9 nitrogen and oxygen atoms in total. The first-order chi connectivity index (χ1) is 22.3. The van der Waals surface area contributed by atoms with E-state index in [1.165, 1.54) is 13.0 Å². The fraction of sp³-hybridized carbons (Fsp3) is 0.459. The summed E-state index contributed by atoms with van der Waals surface area (Å²) in [4.78, 5) is 16.2. The lowest BCUT2D eigenvalue weighted by Gasteiger charge is -2.39. The Kier molecular flexibility index (Phi) is 9.84. The second-order valence-corrected chi connectivity index (χ2v) is 12.6. The van der Waals surface area contributed by atoms with Gasteiger partial charge in [-0.1, -0.05) is 24.5 Å². The zero-order valence-electron chi connectivity index (χ0n) is 26.1. The summed E-state index contributed by atoms with van der Waals surface area (Å²) in [6.07, 6.45) is 8.78. The van der Waals surface area contributed by atoms with Crippen molar-refractivity contribution < 1.29 is 39.1 Å². The summed E-state index contributed by atoms with van der Waals surface area (Å²) in [6.45, 7) is 1.67. The second-order valence-electron chi connectivity index (χ2n) is 12.6. The third-order valence-corrected chi connectivity index (χ3v) is 9.14. The average Bonchev–Trinajstić information content (AvgIpc) is 3.07. The molecule has 6 atom stereocenters. The minimum absolute atomic E-state index is 0.0493. The van der Waals surface area contributed by atoms with E-state index >= 15 is 0 Å². The van der Waals surface area contributed by atoms with Crippen molar-refractivity contribution >= 4 is 5.97 Å². The molecular formula is C37H41NO8. The summed E-state index contributed by atoms with van der Waals surface area (Å²) < 4.78 is 24.7. The summed E-state index contributed by atoms with van der Waals surface area (Å²) in [5.41, 5.74) is 2.60. The molecule has 242 valence electrons. The molecule has 0 unspecified atom stereocenters. The van der Waals surface area contributed by atoms with Gasteiger partial charge in [0.15, 0.2) is 23.0 Å². The molecule has 3 aliphatic rings. The molecule has 0 spiro atoms. The number of hydrogen-bond donors (Lipinski definition) is 3. The van der Waals surface area contributed by atoms with Gasteiger partial charge in [0, 0.05) is 50.9 Å². The molecule has 9 heteroatoms. The Labute approximate surface area is 269 Å². The molecule has 3 heterocycles. The van der Waals surface area contributed by atoms with E-state index in [-0.39, 0.29) is 59.6 Å². The van der Waals surface area contributed by atoms with Crippen molar-refractivity contribution in [3.8, 4) is 40.6 Å². The summed E-state index contributed by atoms with van der Waals surface area (Å²) in [6, 6.07) is 12.4. The number of pyridine rings is 1. The lowest BCUT2D eigenvalue weighted by atomic mass is 9.84. The highest BCUT2D eigenvalue weighted by molar-refractivity contribution is 5.66. The summed E-state index contributed by atoms with van der Waals surface area (Å²) >= 11 is 0. The maximum atomic E-state index is 12.1. The number of fused-ring (bicyclic) bond motifs is 3. The van der Waals surface area contributed by atoms with E-state index in [0.29, 0.717) is 43.4 Å². The standard InChI is InChI=1S/C37H41NO8/c1-23(39)44-29-20-33(27-9-4-8-26-7-2-3-10-32(26)45-35-17-25(16-27)11-12-30(35)40)46-34(21-29)28-18-31(41)37(42)36(19-28)43-15-13-24-6-5-14-38-22-24/h5-6,11-12,14,17-19,22,26-27,29,32-34,40-42H,2-3,7,9-10,13,15-16,20-21H2,1H3/t26-,27-,29-,32-,33-,34+/m1/s1. The minimum Gasteiger partial charge on any atom is -0.504 e. The van der Waals surface area contributed by atoms with Gasteiger partial charge in [-0.15, -0.1) is 5.92 Å². The van der Waals surface area contributed by atoms with Crippen molar-refractivity contribution in [1.82, 2.24) is 4.98 Å². The van der Waals surface area contributed by atoms with Gasteiger partial charge in [-0.05, 0) is 72.7 Å². The predicted octanol–water partition coefficient (Wildman–Crippen LogP) is 6.18. The molecule has 1 saturated carbocycles. The van der Waals surface area contributed by atoms with Gasteiger partial charge >= 0.3 is 5.97 Å². The monoisotopic (exact) mass is 627 g/mol. The quantitative estimate of drug-likeness (QED) is 0.160. The normalized spacial score (nSPS) is 25.8. The molecule has 6 rings (SSSR count). The molecular weight excluding hydrogens is 586 g/mol. The lowest BCUT2D eigenvalue weighted by Crippen LogP contribution is -2.39. The highest BCUT2D eigenvalue weighted by atomic mass is 16.6. The highest BCUT2D eigenvalue weighted by Crippen LogP contribution is 2.44. The fourth-order valence-corrected chi connectivity index (χ4v) is 6.80. The van der Waals surface area contributed by atoms with Crippen LogP contribution in [0.15, 0.2) is 54.9 Å². The van der Waals surface area contributed by atoms with Crippen molar-refractivity contribution in [2.45, 2.75) is 89.1 Å². The van der Waals surface area contributed by atoms with Gasteiger partial charge in [-0.2, -0.15) is 0 Å². The number of nitrogens with zero attached hydrogens (tertiary/aromatic N) is 1. The molecule has 3 N–H and O–H groups in total. The predicted molar refractivity (Wildman–Crippen MR) is 170 cm³/mol. The van der Waals surface area contributed by atoms with E-state index in [2.05, 4.69) is 16.8 Å². The van der Waals surface area contributed by atoms with Gasteiger partial charge in [0.2, 0.25) is 5.75 Å². The molecule has 2 aliphatic heterocycles. The summed E-state index contributed by atoms with van der Waals surface area (Å²) in [7, 11) is 0. The zero-order chi connectivity index (χ0) is 32.0. The molecule has 3 aromatic rings. The zero-order valence-corrected chi connectivity index (χ0v) is 26.1. The van der Waals surface area contributed by atoms with E-state index in [1.807, 2.05) is 24.3 Å². The SMILES string of the molecule is CC(=O)O[C@H]1C[C@@H](c2cc(O)c(O)c(OCCc3cccnc3)c2)O[C@@H]([C@@H]2CC#C[C@H]3CCCC[C@H]3Oc3cc(ccc3O)C2)C1. The van der Waals surface area contributed by atoms with Gasteiger partial charge in [0.1, 0.15) is 12.2 Å². The van der Waals surface area contributed by atoms with Crippen molar-refractivity contribution in [2.75, 3.05) is 6.61 Å². The van der Waals surface area contributed by atoms with Crippen LogP contribution in [0.1, 0.15) is 74.7 Å².